The standard InChI is InChI=1S/C16H19N7S/c1-11-20-21-16(24-11)23-8-6-22(7-9-23)10-14-18-13-5-3-2-4-12(13)15(17)19-14/h2-5H,6-10H2,1H3,(H2,17,18,19). The van der Waals surface area contributed by atoms with Gasteiger partial charge in [0.05, 0.1) is 12.1 Å². The smallest absolute Gasteiger partial charge is 0.208 e. The Bertz CT molecular complexity index is 855. The number of hydrogen-bond acceptors (Lipinski definition) is 8. The van der Waals surface area contributed by atoms with Crippen molar-refractivity contribution in [1.29, 1.82) is 0 Å². The normalized spacial score (nSPS) is 16.0. The molecule has 3 heterocycles. The van der Waals surface area contributed by atoms with Crippen molar-refractivity contribution in [1.82, 2.24) is 25.1 Å². The van der Waals surface area contributed by atoms with Crippen molar-refractivity contribution in [3.63, 3.8) is 0 Å². The van der Waals surface area contributed by atoms with Crippen LogP contribution >= 0.6 is 11.3 Å². The van der Waals surface area contributed by atoms with E-state index in [0.717, 1.165) is 59.6 Å². The van der Waals surface area contributed by atoms with Crippen LogP contribution in [0.4, 0.5) is 10.9 Å². The first-order valence-corrected chi connectivity index (χ1v) is 8.79. The van der Waals surface area contributed by atoms with E-state index in [0.29, 0.717) is 5.82 Å². The predicted octanol–water partition coefficient (Wildman–Crippen LogP) is 1.69. The third kappa shape index (κ3) is 3.02. The van der Waals surface area contributed by atoms with E-state index in [2.05, 4.69) is 30.0 Å². The topological polar surface area (TPSA) is 84.1 Å². The minimum atomic E-state index is 0.554. The molecule has 8 heteroatoms. The van der Waals surface area contributed by atoms with Gasteiger partial charge in [0.2, 0.25) is 5.13 Å². The van der Waals surface area contributed by atoms with Crippen molar-refractivity contribution in [2.24, 2.45) is 0 Å². The van der Waals surface area contributed by atoms with Gasteiger partial charge in [0.25, 0.3) is 0 Å². The zero-order valence-electron chi connectivity index (χ0n) is 13.5. The number of rotatable bonds is 3. The van der Waals surface area contributed by atoms with Gasteiger partial charge >= 0.3 is 0 Å². The molecule has 1 fully saturated rings. The van der Waals surface area contributed by atoms with E-state index >= 15 is 0 Å². The van der Waals surface area contributed by atoms with Gasteiger partial charge in [-0.1, -0.05) is 23.5 Å². The van der Waals surface area contributed by atoms with Gasteiger partial charge in [-0.2, -0.15) is 0 Å². The van der Waals surface area contributed by atoms with Crippen LogP contribution in [-0.4, -0.2) is 51.2 Å². The van der Waals surface area contributed by atoms with Crippen LogP contribution in [0.2, 0.25) is 0 Å². The first kappa shape index (κ1) is 15.2. The summed E-state index contributed by atoms with van der Waals surface area (Å²) in [5.41, 5.74) is 6.98. The van der Waals surface area contributed by atoms with Gasteiger partial charge in [-0.15, -0.1) is 10.2 Å². The summed E-state index contributed by atoms with van der Waals surface area (Å²) in [7, 11) is 0. The molecule has 0 unspecified atom stereocenters. The molecule has 4 rings (SSSR count). The number of nitrogens with two attached hydrogens (primary N) is 1. The van der Waals surface area contributed by atoms with E-state index in [-0.39, 0.29) is 0 Å². The Morgan fingerprint density at radius 2 is 1.88 bits per heavy atom. The minimum absolute atomic E-state index is 0.554. The third-order valence-electron chi connectivity index (χ3n) is 4.20. The van der Waals surface area contributed by atoms with Crippen LogP contribution in [0.15, 0.2) is 24.3 Å². The van der Waals surface area contributed by atoms with Crippen molar-refractivity contribution >= 4 is 33.2 Å². The van der Waals surface area contributed by atoms with Crippen LogP contribution in [-0.2, 0) is 6.54 Å². The largest absolute Gasteiger partial charge is 0.383 e. The Morgan fingerprint density at radius 3 is 2.62 bits per heavy atom. The first-order chi connectivity index (χ1) is 11.7. The Kier molecular flexibility index (Phi) is 3.99. The number of hydrogen-bond donors (Lipinski definition) is 1. The Balaban J connectivity index is 1.43. The zero-order valence-corrected chi connectivity index (χ0v) is 14.3. The van der Waals surface area contributed by atoms with Gasteiger partial charge in [0, 0.05) is 31.6 Å². The monoisotopic (exact) mass is 341 g/mol. The molecule has 0 radical (unpaired) electrons. The number of para-hydroxylation sites is 1. The molecule has 24 heavy (non-hydrogen) atoms. The average Bonchev–Trinajstić information content (AvgIpc) is 3.02. The molecule has 1 aliphatic heterocycles. The highest BCUT2D eigenvalue weighted by Crippen LogP contribution is 2.22. The summed E-state index contributed by atoms with van der Waals surface area (Å²) < 4.78 is 0. The zero-order chi connectivity index (χ0) is 16.5. The number of anilines is 2. The van der Waals surface area contributed by atoms with Gasteiger partial charge in [-0.05, 0) is 19.1 Å². The second-order valence-corrected chi connectivity index (χ2v) is 7.07. The van der Waals surface area contributed by atoms with Crippen molar-refractivity contribution in [3.05, 3.63) is 35.1 Å². The molecule has 0 amide bonds. The molecule has 1 aromatic carbocycles. The van der Waals surface area contributed by atoms with Crippen LogP contribution < -0.4 is 10.6 Å². The van der Waals surface area contributed by atoms with E-state index in [1.807, 2.05) is 31.2 Å². The van der Waals surface area contributed by atoms with Crippen LogP contribution in [0, 0.1) is 6.92 Å². The highest BCUT2D eigenvalue weighted by atomic mass is 32.1. The number of nitrogens with zero attached hydrogens (tertiary/aromatic N) is 6. The number of nitrogen functional groups attached to an aromatic ring is 1. The van der Waals surface area contributed by atoms with E-state index in [1.54, 1.807) is 11.3 Å². The lowest BCUT2D eigenvalue weighted by Gasteiger charge is -2.33. The third-order valence-corrected chi connectivity index (χ3v) is 5.10. The fourth-order valence-corrected chi connectivity index (χ4v) is 3.67. The quantitative estimate of drug-likeness (QED) is 0.776. The summed E-state index contributed by atoms with van der Waals surface area (Å²) >= 11 is 1.65. The molecule has 2 N–H and O–H groups in total. The predicted molar refractivity (Wildman–Crippen MR) is 96.1 cm³/mol. The minimum Gasteiger partial charge on any atom is -0.383 e. The summed E-state index contributed by atoms with van der Waals surface area (Å²) in [6.45, 7) is 6.50. The summed E-state index contributed by atoms with van der Waals surface area (Å²) in [6.07, 6.45) is 0. The van der Waals surface area contributed by atoms with E-state index < -0.39 is 0 Å². The Labute approximate surface area is 144 Å². The number of fused-ring (bicyclic) bond motifs is 1. The molecular formula is C16H19N7S. The van der Waals surface area contributed by atoms with Crippen molar-refractivity contribution in [3.8, 4) is 0 Å². The van der Waals surface area contributed by atoms with Crippen molar-refractivity contribution in [2.45, 2.75) is 13.5 Å². The lowest BCUT2D eigenvalue weighted by molar-refractivity contribution is 0.244. The van der Waals surface area contributed by atoms with Gasteiger partial charge in [-0.25, -0.2) is 9.97 Å². The first-order valence-electron chi connectivity index (χ1n) is 7.97. The molecule has 0 spiro atoms. The molecule has 1 saturated heterocycles. The number of benzene rings is 1. The summed E-state index contributed by atoms with van der Waals surface area (Å²) in [5, 5.41) is 11.3. The van der Waals surface area contributed by atoms with Crippen molar-refractivity contribution in [2.75, 3.05) is 36.8 Å². The summed E-state index contributed by atoms with van der Waals surface area (Å²) in [6, 6.07) is 7.86. The number of piperazine rings is 1. The lowest BCUT2D eigenvalue weighted by Crippen LogP contribution is -2.46. The maximum atomic E-state index is 6.07. The van der Waals surface area contributed by atoms with Crippen LogP contribution in [0.1, 0.15) is 10.8 Å². The van der Waals surface area contributed by atoms with Crippen LogP contribution in [0.5, 0.6) is 0 Å². The molecule has 7 nitrogen and oxygen atoms in total. The van der Waals surface area contributed by atoms with Gasteiger partial charge in [0.15, 0.2) is 0 Å². The molecular weight excluding hydrogens is 322 g/mol. The van der Waals surface area contributed by atoms with Gasteiger partial charge in [0.1, 0.15) is 16.6 Å². The second kappa shape index (κ2) is 6.29. The molecule has 0 atom stereocenters. The van der Waals surface area contributed by atoms with Gasteiger partial charge < -0.3 is 10.6 Å². The maximum Gasteiger partial charge on any atom is 0.208 e. The maximum absolute atomic E-state index is 6.07. The lowest BCUT2D eigenvalue weighted by atomic mass is 10.2. The molecule has 0 bridgehead atoms. The van der Waals surface area contributed by atoms with E-state index in [1.165, 1.54) is 0 Å². The average molecular weight is 341 g/mol. The van der Waals surface area contributed by atoms with E-state index in [4.69, 9.17) is 5.73 Å². The SMILES string of the molecule is Cc1nnc(N2CCN(Cc3nc(N)c4ccccc4n3)CC2)s1. The van der Waals surface area contributed by atoms with Crippen molar-refractivity contribution < 1.29 is 0 Å². The Hall–Kier alpha value is -2.32. The molecule has 1 aliphatic rings. The molecule has 124 valence electrons. The van der Waals surface area contributed by atoms with Crippen LogP contribution in [0.3, 0.4) is 0 Å². The number of aryl methyl sites for hydroxylation is 1. The highest BCUT2D eigenvalue weighted by molar-refractivity contribution is 7.15. The fraction of sp³-hybridized carbons (Fsp3) is 0.375. The molecule has 3 aromatic rings. The summed E-state index contributed by atoms with van der Waals surface area (Å²) in [4.78, 5) is 13.8. The summed E-state index contributed by atoms with van der Waals surface area (Å²) in [5.74, 6) is 1.34. The molecule has 0 aliphatic carbocycles. The fourth-order valence-electron chi connectivity index (χ4n) is 2.93. The second-order valence-electron chi connectivity index (χ2n) is 5.91. The van der Waals surface area contributed by atoms with Crippen LogP contribution in [0.25, 0.3) is 10.9 Å². The number of aromatic nitrogens is 4. The highest BCUT2D eigenvalue weighted by Gasteiger charge is 2.20. The Morgan fingerprint density at radius 1 is 1.08 bits per heavy atom. The molecule has 2 aromatic heterocycles. The van der Waals surface area contributed by atoms with Gasteiger partial charge in [-0.3, -0.25) is 4.90 Å². The molecule has 0 saturated carbocycles. The van der Waals surface area contributed by atoms with E-state index in [9.17, 15) is 0 Å².